The summed E-state index contributed by atoms with van der Waals surface area (Å²) >= 11 is 0. The summed E-state index contributed by atoms with van der Waals surface area (Å²) in [5.41, 5.74) is 8.47. The van der Waals surface area contributed by atoms with Crippen LogP contribution in [-0.2, 0) is 48.4 Å². The third-order valence-electron chi connectivity index (χ3n) is 6.29. The first-order chi connectivity index (χ1) is 20.3. The summed E-state index contributed by atoms with van der Waals surface area (Å²) in [4.78, 5) is 50.2. The molecule has 0 fully saturated rings. The van der Waals surface area contributed by atoms with Crippen LogP contribution < -0.4 is 16.4 Å². The predicted molar refractivity (Wildman–Crippen MR) is 155 cm³/mol. The van der Waals surface area contributed by atoms with Gasteiger partial charge in [0.05, 0.1) is 6.04 Å². The molecule has 0 radical (unpaired) electrons. The minimum absolute atomic E-state index is 0.0372. The van der Waals surface area contributed by atoms with E-state index < -0.39 is 42.1 Å². The summed E-state index contributed by atoms with van der Waals surface area (Å²) in [5.74, 6) is -1.75. The molecule has 42 heavy (non-hydrogen) atoms. The van der Waals surface area contributed by atoms with E-state index in [-0.39, 0.29) is 32.7 Å². The number of rotatable bonds is 15. The first-order valence-electron chi connectivity index (χ1n) is 13.8. The molecule has 10 nitrogen and oxygen atoms in total. The van der Waals surface area contributed by atoms with Gasteiger partial charge in [0, 0.05) is 0 Å². The van der Waals surface area contributed by atoms with E-state index in [9.17, 15) is 19.2 Å². The second-order valence-corrected chi connectivity index (χ2v) is 9.71. The van der Waals surface area contributed by atoms with Crippen LogP contribution in [0.25, 0.3) is 0 Å². The van der Waals surface area contributed by atoms with Gasteiger partial charge in [0.2, 0.25) is 5.91 Å². The summed E-state index contributed by atoms with van der Waals surface area (Å²) < 4.78 is 15.9. The van der Waals surface area contributed by atoms with E-state index in [0.29, 0.717) is 6.42 Å². The van der Waals surface area contributed by atoms with Gasteiger partial charge in [-0.1, -0.05) is 91.0 Å². The molecule has 3 rings (SSSR count). The summed E-state index contributed by atoms with van der Waals surface area (Å²) in [6.07, 6.45) is -0.110. The van der Waals surface area contributed by atoms with Crippen LogP contribution in [0, 0.1) is 0 Å². The second-order valence-electron chi connectivity index (χ2n) is 9.71. The summed E-state index contributed by atoms with van der Waals surface area (Å²) in [7, 11) is 0. The van der Waals surface area contributed by atoms with E-state index in [1.807, 2.05) is 91.0 Å². The van der Waals surface area contributed by atoms with Crippen LogP contribution in [0.1, 0.15) is 42.9 Å². The van der Waals surface area contributed by atoms with Gasteiger partial charge in [-0.05, 0) is 42.9 Å². The number of ether oxygens (including phenoxy) is 3. The number of amides is 2. The van der Waals surface area contributed by atoms with Crippen molar-refractivity contribution in [1.82, 2.24) is 10.6 Å². The lowest BCUT2D eigenvalue weighted by Gasteiger charge is -2.19. The highest BCUT2D eigenvalue weighted by molar-refractivity contribution is 5.87. The van der Waals surface area contributed by atoms with Crippen molar-refractivity contribution >= 4 is 23.9 Å². The fraction of sp³-hybridized carbons (Fsp3) is 0.312. The first kappa shape index (κ1) is 31.8. The van der Waals surface area contributed by atoms with Gasteiger partial charge in [-0.15, -0.1) is 0 Å². The van der Waals surface area contributed by atoms with Crippen molar-refractivity contribution in [3.8, 4) is 0 Å². The summed E-state index contributed by atoms with van der Waals surface area (Å²) in [5, 5.41) is 5.12. The van der Waals surface area contributed by atoms with Crippen LogP contribution in [0.2, 0.25) is 0 Å². The van der Waals surface area contributed by atoms with Crippen LogP contribution >= 0.6 is 0 Å². The Morgan fingerprint density at radius 3 is 1.60 bits per heavy atom. The molecule has 0 heterocycles. The molecule has 0 aliphatic rings. The minimum atomic E-state index is -1.01. The molecule has 3 aromatic carbocycles. The molecule has 3 atom stereocenters. The van der Waals surface area contributed by atoms with Gasteiger partial charge in [-0.25, -0.2) is 14.4 Å². The van der Waals surface area contributed by atoms with Crippen molar-refractivity contribution in [2.24, 2.45) is 5.73 Å². The number of nitrogens with one attached hydrogen (secondary N) is 2. The van der Waals surface area contributed by atoms with Gasteiger partial charge in [0.25, 0.3) is 0 Å². The Bertz CT molecular complexity index is 1270. The van der Waals surface area contributed by atoms with Crippen LogP contribution in [-0.4, -0.2) is 42.1 Å². The molecular weight excluding hydrogens is 538 g/mol. The standard InChI is InChI=1S/C32H37N3O7/c1-23(30(37)40-20-24-12-5-2-6-13-24)34-29(36)27(33)18-11-19-28(31(38)41-21-25-14-7-3-8-15-25)35-32(39)42-22-26-16-9-4-10-17-26/h2-10,12-17,23,27-28H,11,18-22,33H2,1H3,(H,34,36)(H,35,39)/t23-,27+,28-/m1/s1. The predicted octanol–water partition coefficient (Wildman–Crippen LogP) is 3.77. The Morgan fingerprint density at radius 1 is 0.643 bits per heavy atom. The van der Waals surface area contributed by atoms with Crippen molar-refractivity contribution in [1.29, 1.82) is 0 Å². The Morgan fingerprint density at radius 2 is 1.10 bits per heavy atom. The number of hydrogen-bond acceptors (Lipinski definition) is 8. The number of alkyl carbamates (subject to hydrolysis) is 1. The van der Waals surface area contributed by atoms with E-state index >= 15 is 0 Å². The van der Waals surface area contributed by atoms with Crippen molar-refractivity contribution in [2.75, 3.05) is 0 Å². The Hall–Kier alpha value is -4.70. The lowest BCUT2D eigenvalue weighted by atomic mass is 10.0. The quantitative estimate of drug-likeness (QED) is 0.183. The van der Waals surface area contributed by atoms with E-state index in [1.165, 1.54) is 6.92 Å². The van der Waals surface area contributed by atoms with E-state index in [1.54, 1.807) is 0 Å². The van der Waals surface area contributed by atoms with Crippen LogP contribution in [0.3, 0.4) is 0 Å². The van der Waals surface area contributed by atoms with Gasteiger partial charge in [0.15, 0.2) is 0 Å². The molecule has 0 aliphatic carbocycles. The van der Waals surface area contributed by atoms with E-state index in [2.05, 4.69) is 10.6 Å². The Balaban J connectivity index is 1.47. The van der Waals surface area contributed by atoms with Crippen LogP contribution in [0.5, 0.6) is 0 Å². The monoisotopic (exact) mass is 575 g/mol. The van der Waals surface area contributed by atoms with Crippen LogP contribution in [0.4, 0.5) is 4.79 Å². The van der Waals surface area contributed by atoms with Crippen LogP contribution in [0.15, 0.2) is 91.0 Å². The number of hydrogen-bond donors (Lipinski definition) is 3. The smallest absolute Gasteiger partial charge is 0.408 e. The number of carbonyl (C=O) groups is 4. The third-order valence-corrected chi connectivity index (χ3v) is 6.29. The maximum atomic E-state index is 12.9. The van der Waals surface area contributed by atoms with Gasteiger partial charge >= 0.3 is 18.0 Å². The van der Waals surface area contributed by atoms with E-state index in [0.717, 1.165) is 16.7 Å². The normalized spacial score (nSPS) is 12.7. The van der Waals surface area contributed by atoms with Gasteiger partial charge in [-0.3, -0.25) is 4.79 Å². The number of esters is 2. The van der Waals surface area contributed by atoms with Gasteiger partial charge in [-0.2, -0.15) is 0 Å². The molecule has 0 spiro atoms. The maximum absolute atomic E-state index is 12.9. The average molecular weight is 576 g/mol. The molecule has 222 valence electrons. The zero-order chi connectivity index (χ0) is 30.2. The average Bonchev–Trinajstić information content (AvgIpc) is 3.02. The molecular formula is C32H37N3O7. The zero-order valence-electron chi connectivity index (χ0n) is 23.6. The summed E-state index contributed by atoms with van der Waals surface area (Å²) in [6.45, 7) is 1.68. The molecule has 0 saturated heterocycles. The second kappa shape index (κ2) is 17.2. The highest BCUT2D eigenvalue weighted by Crippen LogP contribution is 2.10. The van der Waals surface area contributed by atoms with Crippen molar-refractivity contribution in [2.45, 2.75) is 64.1 Å². The SMILES string of the molecule is C[C@@H](NC(=O)[C@@H](N)CCC[C@@H](NC(=O)OCc1ccccc1)C(=O)OCc1ccccc1)C(=O)OCc1ccccc1. The highest BCUT2D eigenvalue weighted by Gasteiger charge is 2.25. The molecule has 0 unspecified atom stereocenters. The molecule has 0 aromatic heterocycles. The van der Waals surface area contributed by atoms with Gasteiger partial charge < -0.3 is 30.6 Å². The number of benzene rings is 3. The lowest BCUT2D eigenvalue weighted by Crippen LogP contribution is -2.48. The zero-order valence-corrected chi connectivity index (χ0v) is 23.6. The molecule has 2 amide bonds. The maximum Gasteiger partial charge on any atom is 0.408 e. The minimum Gasteiger partial charge on any atom is -0.459 e. The molecule has 0 aliphatic heterocycles. The third kappa shape index (κ3) is 11.4. The highest BCUT2D eigenvalue weighted by atomic mass is 16.6. The molecule has 3 aromatic rings. The van der Waals surface area contributed by atoms with Crippen molar-refractivity contribution < 1.29 is 33.4 Å². The van der Waals surface area contributed by atoms with Gasteiger partial charge in [0.1, 0.15) is 31.9 Å². The number of carbonyl (C=O) groups excluding carboxylic acids is 4. The molecule has 0 bridgehead atoms. The Labute approximate surface area is 245 Å². The van der Waals surface area contributed by atoms with E-state index in [4.69, 9.17) is 19.9 Å². The molecule has 0 saturated carbocycles. The fourth-order valence-electron chi connectivity index (χ4n) is 3.89. The number of nitrogens with two attached hydrogens (primary N) is 1. The molecule has 10 heteroatoms. The first-order valence-corrected chi connectivity index (χ1v) is 13.8. The fourth-order valence-corrected chi connectivity index (χ4v) is 3.89. The lowest BCUT2D eigenvalue weighted by molar-refractivity contribution is -0.149. The Kier molecular flexibility index (Phi) is 13.0. The topological polar surface area (TPSA) is 146 Å². The van der Waals surface area contributed by atoms with Crippen molar-refractivity contribution in [3.05, 3.63) is 108 Å². The largest absolute Gasteiger partial charge is 0.459 e. The van der Waals surface area contributed by atoms with Crippen molar-refractivity contribution in [3.63, 3.8) is 0 Å². The summed E-state index contributed by atoms with van der Waals surface area (Å²) in [6, 6.07) is 24.6. The molecule has 4 N–H and O–H groups in total.